The van der Waals surface area contributed by atoms with Gasteiger partial charge in [0.15, 0.2) is 0 Å². The van der Waals surface area contributed by atoms with Crippen molar-refractivity contribution in [2.24, 2.45) is 0 Å². The molecule has 0 fully saturated rings. The molecule has 1 aromatic carbocycles. The molecule has 0 bridgehead atoms. The van der Waals surface area contributed by atoms with Crippen LogP contribution in [0.4, 0.5) is 4.39 Å². The summed E-state index contributed by atoms with van der Waals surface area (Å²) in [6.07, 6.45) is 2.53. The van der Waals surface area contributed by atoms with Crippen molar-refractivity contribution >= 4 is 16.8 Å². The Balaban J connectivity index is 2.04. The summed E-state index contributed by atoms with van der Waals surface area (Å²) < 4.78 is 13.1. The standard InChI is InChI=1S/C15H15FN2O/c1-2-9-17-15(19)8-7-13-6-4-11-3-5-12(16)10-14(11)18-13/h2-6,10H,1,7-9H2,(H,17,19). The number of nitrogens with one attached hydrogen (secondary N) is 1. The van der Waals surface area contributed by atoms with Crippen molar-refractivity contribution < 1.29 is 9.18 Å². The maximum Gasteiger partial charge on any atom is 0.220 e. The number of amides is 1. The number of fused-ring (bicyclic) bond motifs is 1. The summed E-state index contributed by atoms with van der Waals surface area (Å²) >= 11 is 0. The third-order valence-electron chi connectivity index (χ3n) is 2.76. The number of halogens is 1. The van der Waals surface area contributed by atoms with Gasteiger partial charge in [-0.05, 0) is 24.6 Å². The number of carbonyl (C=O) groups is 1. The molecule has 0 aliphatic carbocycles. The van der Waals surface area contributed by atoms with Crippen LogP contribution < -0.4 is 5.32 Å². The summed E-state index contributed by atoms with van der Waals surface area (Å²) in [5.41, 5.74) is 1.40. The summed E-state index contributed by atoms with van der Waals surface area (Å²) in [4.78, 5) is 15.8. The van der Waals surface area contributed by atoms with E-state index in [0.29, 0.717) is 24.9 Å². The number of nitrogens with zero attached hydrogens (tertiary/aromatic N) is 1. The normalized spacial score (nSPS) is 10.4. The van der Waals surface area contributed by atoms with E-state index in [9.17, 15) is 9.18 Å². The Morgan fingerprint density at radius 2 is 2.16 bits per heavy atom. The van der Waals surface area contributed by atoms with Crippen LogP contribution in [-0.4, -0.2) is 17.4 Å². The molecule has 3 nitrogen and oxygen atoms in total. The van der Waals surface area contributed by atoms with Crippen molar-refractivity contribution in [2.45, 2.75) is 12.8 Å². The predicted octanol–water partition coefficient (Wildman–Crippen LogP) is 2.61. The molecule has 4 heteroatoms. The third-order valence-corrected chi connectivity index (χ3v) is 2.76. The van der Waals surface area contributed by atoms with Gasteiger partial charge in [-0.3, -0.25) is 9.78 Å². The molecule has 1 heterocycles. The Hall–Kier alpha value is -2.23. The molecule has 0 radical (unpaired) electrons. The molecule has 0 aliphatic rings. The van der Waals surface area contributed by atoms with E-state index in [0.717, 1.165) is 11.1 Å². The molecule has 2 rings (SSSR count). The van der Waals surface area contributed by atoms with Gasteiger partial charge in [-0.2, -0.15) is 0 Å². The highest BCUT2D eigenvalue weighted by molar-refractivity contribution is 5.79. The topological polar surface area (TPSA) is 42.0 Å². The minimum Gasteiger partial charge on any atom is -0.353 e. The lowest BCUT2D eigenvalue weighted by Gasteiger charge is -2.04. The van der Waals surface area contributed by atoms with Crippen LogP contribution >= 0.6 is 0 Å². The fraction of sp³-hybridized carbons (Fsp3) is 0.200. The highest BCUT2D eigenvalue weighted by Gasteiger charge is 2.04. The molecule has 0 aliphatic heterocycles. The highest BCUT2D eigenvalue weighted by atomic mass is 19.1. The quantitative estimate of drug-likeness (QED) is 0.838. The van der Waals surface area contributed by atoms with E-state index in [-0.39, 0.29) is 11.7 Å². The average molecular weight is 258 g/mol. The number of aromatic nitrogens is 1. The van der Waals surface area contributed by atoms with Gasteiger partial charge in [-0.25, -0.2) is 4.39 Å². The summed E-state index contributed by atoms with van der Waals surface area (Å²) in [5, 5.41) is 3.59. The third kappa shape index (κ3) is 3.61. The van der Waals surface area contributed by atoms with Crippen LogP contribution in [0.3, 0.4) is 0 Å². The number of benzene rings is 1. The Morgan fingerprint density at radius 3 is 2.95 bits per heavy atom. The van der Waals surface area contributed by atoms with Crippen molar-refractivity contribution in [3.8, 4) is 0 Å². The zero-order chi connectivity index (χ0) is 13.7. The number of hydrogen-bond acceptors (Lipinski definition) is 2. The molecule has 2 aromatic rings. The molecule has 0 unspecified atom stereocenters. The molecule has 0 saturated carbocycles. The monoisotopic (exact) mass is 258 g/mol. The molecule has 1 aromatic heterocycles. The summed E-state index contributed by atoms with van der Waals surface area (Å²) in [6, 6.07) is 8.25. The smallest absolute Gasteiger partial charge is 0.220 e. The zero-order valence-electron chi connectivity index (χ0n) is 10.5. The first-order valence-corrected chi connectivity index (χ1v) is 6.12. The van der Waals surface area contributed by atoms with Gasteiger partial charge in [0, 0.05) is 30.1 Å². The molecule has 19 heavy (non-hydrogen) atoms. The first-order valence-electron chi connectivity index (χ1n) is 6.12. The van der Waals surface area contributed by atoms with E-state index in [4.69, 9.17) is 0 Å². The highest BCUT2D eigenvalue weighted by Crippen LogP contribution is 2.14. The lowest BCUT2D eigenvalue weighted by molar-refractivity contribution is -0.120. The van der Waals surface area contributed by atoms with Crippen LogP contribution in [0.2, 0.25) is 0 Å². The minimum atomic E-state index is -0.305. The Kier molecular flexibility index (Phi) is 4.23. The molecule has 98 valence electrons. The fourth-order valence-electron chi connectivity index (χ4n) is 1.79. The Bertz CT molecular complexity index is 610. The molecule has 0 saturated heterocycles. The number of rotatable bonds is 5. The molecular formula is C15H15FN2O. The van der Waals surface area contributed by atoms with Crippen molar-refractivity contribution in [1.29, 1.82) is 0 Å². The van der Waals surface area contributed by atoms with E-state index in [1.54, 1.807) is 12.1 Å². The molecule has 0 spiro atoms. The van der Waals surface area contributed by atoms with Crippen molar-refractivity contribution in [2.75, 3.05) is 6.54 Å². The van der Waals surface area contributed by atoms with Crippen LogP contribution in [0.15, 0.2) is 43.0 Å². The average Bonchev–Trinajstić information content (AvgIpc) is 2.42. The molecule has 1 amide bonds. The number of aryl methyl sites for hydroxylation is 1. The van der Waals surface area contributed by atoms with Gasteiger partial charge in [0.25, 0.3) is 0 Å². The largest absolute Gasteiger partial charge is 0.353 e. The SMILES string of the molecule is C=CCNC(=O)CCc1ccc2ccc(F)cc2n1. The lowest BCUT2D eigenvalue weighted by atomic mass is 10.1. The van der Waals surface area contributed by atoms with Gasteiger partial charge in [-0.1, -0.05) is 12.1 Å². The van der Waals surface area contributed by atoms with E-state index >= 15 is 0 Å². The Labute approximate surface area is 111 Å². The molecule has 0 atom stereocenters. The first-order chi connectivity index (χ1) is 9.19. The van der Waals surface area contributed by atoms with Crippen molar-refractivity contribution in [1.82, 2.24) is 10.3 Å². The maximum absolute atomic E-state index is 13.1. The van der Waals surface area contributed by atoms with Gasteiger partial charge in [-0.15, -0.1) is 6.58 Å². The van der Waals surface area contributed by atoms with Crippen LogP contribution in [0.1, 0.15) is 12.1 Å². The predicted molar refractivity (Wildman–Crippen MR) is 73.2 cm³/mol. The van der Waals surface area contributed by atoms with E-state index < -0.39 is 0 Å². The van der Waals surface area contributed by atoms with Gasteiger partial charge in [0.05, 0.1) is 5.52 Å². The summed E-state index contributed by atoms with van der Waals surface area (Å²) in [6.45, 7) is 4.00. The van der Waals surface area contributed by atoms with Crippen LogP contribution in [0, 0.1) is 5.82 Å². The van der Waals surface area contributed by atoms with Crippen LogP contribution in [0.25, 0.3) is 10.9 Å². The first kappa shape index (κ1) is 13.2. The zero-order valence-corrected chi connectivity index (χ0v) is 10.5. The fourth-order valence-corrected chi connectivity index (χ4v) is 1.79. The minimum absolute atomic E-state index is 0.0407. The second kappa shape index (κ2) is 6.09. The van der Waals surface area contributed by atoms with Gasteiger partial charge in [0.2, 0.25) is 5.91 Å². The van der Waals surface area contributed by atoms with E-state index in [1.807, 2.05) is 12.1 Å². The van der Waals surface area contributed by atoms with E-state index in [1.165, 1.54) is 12.1 Å². The van der Waals surface area contributed by atoms with Gasteiger partial charge >= 0.3 is 0 Å². The van der Waals surface area contributed by atoms with Crippen molar-refractivity contribution in [3.63, 3.8) is 0 Å². The second-order valence-electron chi connectivity index (χ2n) is 4.23. The van der Waals surface area contributed by atoms with Crippen LogP contribution in [0.5, 0.6) is 0 Å². The number of pyridine rings is 1. The van der Waals surface area contributed by atoms with E-state index in [2.05, 4.69) is 16.9 Å². The number of carbonyl (C=O) groups excluding carboxylic acids is 1. The Morgan fingerprint density at radius 1 is 1.37 bits per heavy atom. The maximum atomic E-state index is 13.1. The van der Waals surface area contributed by atoms with Crippen molar-refractivity contribution in [3.05, 3.63) is 54.5 Å². The van der Waals surface area contributed by atoms with Gasteiger partial charge < -0.3 is 5.32 Å². The molecular weight excluding hydrogens is 243 g/mol. The molecule has 1 N–H and O–H groups in total. The number of hydrogen-bond donors (Lipinski definition) is 1. The summed E-state index contributed by atoms with van der Waals surface area (Å²) in [5.74, 6) is -0.345. The van der Waals surface area contributed by atoms with Crippen LogP contribution in [-0.2, 0) is 11.2 Å². The lowest BCUT2D eigenvalue weighted by Crippen LogP contribution is -2.23. The second-order valence-corrected chi connectivity index (χ2v) is 4.23. The summed E-state index contributed by atoms with van der Waals surface area (Å²) in [7, 11) is 0. The van der Waals surface area contributed by atoms with Gasteiger partial charge in [0.1, 0.15) is 5.82 Å².